The van der Waals surface area contributed by atoms with Crippen molar-refractivity contribution in [2.24, 2.45) is 0 Å². The van der Waals surface area contributed by atoms with Gasteiger partial charge in [0.05, 0.1) is 12.2 Å². The van der Waals surface area contributed by atoms with Crippen molar-refractivity contribution < 1.29 is 13.6 Å². The van der Waals surface area contributed by atoms with Crippen molar-refractivity contribution in [2.45, 2.75) is 6.92 Å². The molecule has 20 heavy (non-hydrogen) atoms. The van der Waals surface area contributed by atoms with Crippen LogP contribution in [0.25, 0.3) is 0 Å². The fraction of sp³-hybridized carbons (Fsp3) is 0.133. The second-order valence-electron chi connectivity index (χ2n) is 4.39. The van der Waals surface area contributed by atoms with E-state index in [2.05, 4.69) is 10.6 Å². The van der Waals surface area contributed by atoms with E-state index in [9.17, 15) is 13.6 Å². The summed E-state index contributed by atoms with van der Waals surface area (Å²) < 4.78 is 26.2. The zero-order chi connectivity index (χ0) is 14.5. The van der Waals surface area contributed by atoms with Crippen LogP contribution < -0.4 is 10.6 Å². The molecule has 0 radical (unpaired) electrons. The molecule has 0 aliphatic carbocycles. The molecule has 2 aromatic rings. The summed E-state index contributed by atoms with van der Waals surface area (Å²) in [4.78, 5) is 11.7. The Bertz CT molecular complexity index is 612. The first-order valence-corrected chi connectivity index (χ1v) is 6.10. The van der Waals surface area contributed by atoms with Crippen LogP contribution in [-0.4, -0.2) is 12.5 Å². The molecule has 0 spiro atoms. The fourth-order valence-corrected chi connectivity index (χ4v) is 1.68. The minimum Gasteiger partial charge on any atom is -0.374 e. The Balaban J connectivity index is 1.90. The Hall–Kier alpha value is -2.43. The molecule has 0 aromatic heterocycles. The van der Waals surface area contributed by atoms with E-state index in [0.717, 1.165) is 5.56 Å². The van der Waals surface area contributed by atoms with Crippen molar-refractivity contribution >= 4 is 17.3 Å². The van der Waals surface area contributed by atoms with Gasteiger partial charge in [0, 0.05) is 5.69 Å². The van der Waals surface area contributed by atoms with Crippen LogP contribution in [0.5, 0.6) is 0 Å². The SMILES string of the molecule is Cc1ccc(NCC(=O)Nc2ccc(F)cc2)c(F)c1. The molecule has 2 rings (SSSR count). The highest BCUT2D eigenvalue weighted by atomic mass is 19.1. The number of carbonyl (C=O) groups is 1. The highest BCUT2D eigenvalue weighted by molar-refractivity contribution is 5.93. The summed E-state index contributed by atoms with van der Waals surface area (Å²) in [5.41, 5.74) is 1.57. The van der Waals surface area contributed by atoms with E-state index in [1.54, 1.807) is 19.1 Å². The molecule has 2 N–H and O–H groups in total. The smallest absolute Gasteiger partial charge is 0.243 e. The quantitative estimate of drug-likeness (QED) is 0.899. The number of aryl methyl sites for hydroxylation is 1. The summed E-state index contributed by atoms with van der Waals surface area (Å²) in [5, 5.41) is 5.29. The molecule has 3 nitrogen and oxygen atoms in total. The molecule has 0 atom stereocenters. The van der Waals surface area contributed by atoms with Gasteiger partial charge in [-0.1, -0.05) is 6.07 Å². The lowest BCUT2D eigenvalue weighted by Crippen LogP contribution is -2.22. The molecular formula is C15H14F2N2O. The van der Waals surface area contributed by atoms with Crippen molar-refractivity contribution in [3.05, 3.63) is 59.7 Å². The van der Waals surface area contributed by atoms with Gasteiger partial charge in [-0.3, -0.25) is 4.79 Å². The Labute approximate surface area is 115 Å². The van der Waals surface area contributed by atoms with Gasteiger partial charge in [-0.05, 0) is 48.9 Å². The van der Waals surface area contributed by atoms with Crippen molar-refractivity contribution in [1.82, 2.24) is 0 Å². The predicted molar refractivity (Wildman–Crippen MR) is 74.7 cm³/mol. The number of rotatable bonds is 4. The summed E-state index contributed by atoms with van der Waals surface area (Å²) >= 11 is 0. The third-order valence-electron chi connectivity index (χ3n) is 2.69. The van der Waals surface area contributed by atoms with Crippen LogP contribution in [0.4, 0.5) is 20.2 Å². The van der Waals surface area contributed by atoms with Crippen molar-refractivity contribution in [2.75, 3.05) is 17.2 Å². The predicted octanol–water partition coefficient (Wildman–Crippen LogP) is 3.32. The van der Waals surface area contributed by atoms with Gasteiger partial charge < -0.3 is 10.6 Å². The van der Waals surface area contributed by atoms with Crippen molar-refractivity contribution in [3.8, 4) is 0 Å². The zero-order valence-corrected chi connectivity index (χ0v) is 10.9. The largest absolute Gasteiger partial charge is 0.374 e. The minimum atomic E-state index is -0.403. The Morgan fingerprint density at radius 1 is 1.10 bits per heavy atom. The zero-order valence-electron chi connectivity index (χ0n) is 10.9. The van der Waals surface area contributed by atoms with E-state index in [0.29, 0.717) is 5.69 Å². The number of anilines is 2. The molecule has 0 unspecified atom stereocenters. The van der Waals surface area contributed by atoms with Crippen LogP contribution in [0.2, 0.25) is 0 Å². The molecule has 0 saturated heterocycles. The standard InChI is InChI=1S/C15H14F2N2O/c1-10-2-7-14(13(17)8-10)18-9-15(20)19-12-5-3-11(16)4-6-12/h2-8,18H,9H2,1H3,(H,19,20). The van der Waals surface area contributed by atoms with Crippen LogP contribution in [0, 0.1) is 18.6 Å². The topological polar surface area (TPSA) is 41.1 Å². The van der Waals surface area contributed by atoms with Gasteiger partial charge in [0.15, 0.2) is 0 Å². The van der Waals surface area contributed by atoms with Crippen LogP contribution in [0.3, 0.4) is 0 Å². The van der Waals surface area contributed by atoms with Crippen molar-refractivity contribution in [1.29, 1.82) is 0 Å². The Morgan fingerprint density at radius 2 is 1.80 bits per heavy atom. The maximum absolute atomic E-state index is 13.5. The second kappa shape index (κ2) is 6.14. The van der Waals surface area contributed by atoms with E-state index in [-0.39, 0.29) is 24.0 Å². The normalized spacial score (nSPS) is 10.2. The summed E-state index contributed by atoms with van der Waals surface area (Å²) in [5.74, 6) is -1.11. The molecule has 1 amide bonds. The molecule has 0 saturated carbocycles. The van der Waals surface area contributed by atoms with Gasteiger partial charge >= 0.3 is 0 Å². The first-order valence-electron chi connectivity index (χ1n) is 6.10. The maximum atomic E-state index is 13.5. The molecule has 104 valence electrons. The molecule has 0 fully saturated rings. The van der Waals surface area contributed by atoms with Gasteiger partial charge in [0.2, 0.25) is 5.91 Å². The van der Waals surface area contributed by atoms with Gasteiger partial charge in [0.1, 0.15) is 11.6 Å². The van der Waals surface area contributed by atoms with Crippen LogP contribution in [0.15, 0.2) is 42.5 Å². The van der Waals surface area contributed by atoms with Gasteiger partial charge in [0.25, 0.3) is 0 Å². The third kappa shape index (κ3) is 3.78. The first-order chi connectivity index (χ1) is 9.54. The maximum Gasteiger partial charge on any atom is 0.243 e. The number of nitrogens with one attached hydrogen (secondary N) is 2. The van der Waals surface area contributed by atoms with Gasteiger partial charge in [-0.2, -0.15) is 0 Å². The average Bonchev–Trinajstić information content (AvgIpc) is 2.40. The molecule has 0 aliphatic heterocycles. The van der Waals surface area contributed by atoms with Gasteiger partial charge in [-0.25, -0.2) is 8.78 Å². The third-order valence-corrected chi connectivity index (χ3v) is 2.69. The fourth-order valence-electron chi connectivity index (χ4n) is 1.68. The number of hydrogen-bond donors (Lipinski definition) is 2. The lowest BCUT2D eigenvalue weighted by atomic mass is 10.2. The van der Waals surface area contributed by atoms with Gasteiger partial charge in [-0.15, -0.1) is 0 Å². The summed E-state index contributed by atoms with van der Waals surface area (Å²) in [6, 6.07) is 10.1. The summed E-state index contributed by atoms with van der Waals surface area (Å²) in [7, 11) is 0. The molecule has 0 bridgehead atoms. The lowest BCUT2D eigenvalue weighted by molar-refractivity contribution is -0.114. The molecule has 0 heterocycles. The van der Waals surface area contributed by atoms with E-state index in [1.807, 2.05) is 0 Å². The van der Waals surface area contributed by atoms with Crippen LogP contribution in [-0.2, 0) is 4.79 Å². The minimum absolute atomic E-state index is 0.0721. The average molecular weight is 276 g/mol. The summed E-state index contributed by atoms with van der Waals surface area (Å²) in [6.45, 7) is 1.71. The first kappa shape index (κ1) is 14.0. The number of benzene rings is 2. The highest BCUT2D eigenvalue weighted by Gasteiger charge is 2.05. The van der Waals surface area contributed by atoms with E-state index < -0.39 is 5.82 Å². The number of carbonyl (C=O) groups excluding carboxylic acids is 1. The number of hydrogen-bond acceptors (Lipinski definition) is 2. The number of amides is 1. The molecule has 0 aliphatic rings. The molecule has 2 aromatic carbocycles. The van der Waals surface area contributed by atoms with E-state index in [1.165, 1.54) is 30.3 Å². The van der Waals surface area contributed by atoms with Crippen molar-refractivity contribution in [3.63, 3.8) is 0 Å². The van der Waals surface area contributed by atoms with Crippen LogP contribution in [0.1, 0.15) is 5.56 Å². The van der Waals surface area contributed by atoms with Crippen LogP contribution >= 0.6 is 0 Å². The Kier molecular flexibility index (Phi) is 4.30. The van der Waals surface area contributed by atoms with E-state index in [4.69, 9.17) is 0 Å². The molecular weight excluding hydrogens is 262 g/mol. The summed E-state index contributed by atoms with van der Waals surface area (Å²) in [6.07, 6.45) is 0. The molecule has 5 heteroatoms. The lowest BCUT2D eigenvalue weighted by Gasteiger charge is -2.09. The second-order valence-corrected chi connectivity index (χ2v) is 4.39. The number of halogens is 2. The highest BCUT2D eigenvalue weighted by Crippen LogP contribution is 2.15. The Morgan fingerprint density at radius 3 is 2.45 bits per heavy atom. The van der Waals surface area contributed by atoms with E-state index >= 15 is 0 Å². The monoisotopic (exact) mass is 276 g/mol.